The first-order valence-electron chi connectivity index (χ1n) is 8.67. The number of nitrogens with zero attached hydrogens (tertiary/aromatic N) is 3. The van der Waals surface area contributed by atoms with Crippen molar-refractivity contribution in [3.63, 3.8) is 0 Å². The molecule has 1 N–H and O–H groups in total. The van der Waals surface area contributed by atoms with Crippen molar-refractivity contribution in [3.05, 3.63) is 57.6 Å². The molecule has 0 radical (unpaired) electrons. The lowest BCUT2D eigenvalue weighted by molar-refractivity contribution is -0.384. The minimum atomic E-state index is -0.496. The molecule has 6 heteroatoms. The van der Waals surface area contributed by atoms with Gasteiger partial charge in [-0.05, 0) is 41.0 Å². The number of nitro benzene ring substituents is 1. The fourth-order valence-corrected chi connectivity index (χ4v) is 2.56. The van der Waals surface area contributed by atoms with Crippen LogP contribution in [0.2, 0.25) is 0 Å². The highest BCUT2D eigenvalue weighted by Crippen LogP contribution is 2.41. The van der Waals surface area contributed by atoms with Gasteiger partial charge in [0.1, 0.15) is 11.4 Å². The normalized spacial score (nSPS) is 13.1. The van der Waals surface area contributed by atoms with Gasteiger partial charge >= 0.3 is 0 Å². The molecule has 0 saturated heterocycles. The third-order valence-corrected chi connectivity index (χ3v) is 4.47. The molecular formula is C20H25N3O3. The van der Waals surface area contributed by atoms with E-state index in [9.17, 15) is 15.2 Å². The third kappa shape index (κ3) is 4.25. The molecule has 2 rings (SSSR count). The number of azo groups is 1. The Hall–Kier alpha value is -2.76. The Bertz CT molecular complexity index is 839. The highest BCUT2D eigenvalue weighted by molar-refractivity contribution is 5.61. The van der Waals surface area contributed by atoms with Crippen LogP contribution in [0.3, 0.4) is 0 Å². The van der Waals surface area contributed by atoms with Crippen molar-refractivity contribution in [1.82, 2.24) is 0 Å². The van der Waals surface area contributed by atoms with E-state index in [1.165, 1.54) is 12.1 Å². The van der Waals surface area contributed by atoms with Crippen LogP contribution in [-0.4, -0.2) is 10.0 Å². The summed E-state index contributed by atoms with van der Waals surface area (Å²) < 4.78 is 0. The van der Waals surface area contributed by atoms with Crippen molar-refractivity contribution in [2.75, 3.05) is 0 Å². The molecule has 0 amide bonds. The lowest BCUT2D eigenvalue weighted by Crippen LogP contribution is -2.12. The molecule has 1 unspecified atom stereocenters. The van der Waals surface area contributed by atoms with Crippen LogP contribution in [0.15, 0.2) is 46.6 Å². The number of aromatic hydroxyl groups is 1. The van der Waals surface area contributed by atoms with Crippen molar-refractivity contribution in [1.29, 1.82) is 0 Å². The first-order chi connectivity index (χ1) is 12.1. The van der Waals surface area contributed by atoms with Crippen LogP contribution in [0.4, 0.5) is 17.1 Å². The van der Waals surface area contributed by atoms with Gasteiger partial charge in [-0.3, -0.25) is 10.1 Å². The highest BCUT2D eigenvalue weighted by Gasteiger charge is 2.21. The predicted octanol–water partition coefficient (Wildman–Crippen LogP) is 6.53. The summed E-state index contributed by atoms with van der Waals surface area (Å²) >= 11 is 0. The summed E-state index contributed by atoms with van der Waals surface area (Å²) in [5.41, 5.74) is 2.08. The summed E-state index contributed by atoms with van der Waals surface area (Å²) in [6, 6.07) is 9.95. The topological polar surface area (TPSA) is 88.1 Å². The Labute approximate surface area is 153 Å². The van der Waals surface area contributed by atoms with Crippen LogP contribution in [0.5, 0.6) is 5.75 Å². The predicted molar refractivity (Wildman–Crippen MR) is 103 cm³/mol. The maximum atomic E-state index is 11.1. The third-order valence-electron chi connectivity index (χ3n) is 4.47. The van der Waals surface area contributed by atoms with E-state index in [0.717, 1.165) is 17.5 Å². The van der Waals surface area contributed by atoms with Crippen LogP contribution in [0.25, 0.3) is 0 Å². The second kappa shape index (κ2) is 7.64. The van der Waals surface area contributed by atoms with E-state index >= 15 is 0 Å². The summed E-state index contributed by atoms with van der Waals surface area (Å²) in [4.78, 5) is 10.6. The molecule has 0 aliphatic heterocycles. The Balaban J connectivity index is 2.57. The molecule has 0 heterocycles. The van der Waals surface area contributed by atoms with E-state index in [4.69, 9.17) is 0 Å². The maximum Gasteiger partial charge on any atom is 0.296 e. The number of hydrogen-bond acceptors (Lipinski definition) is 5. The molecule has 2 aromatic rings. The summed E-state index contributed by atoms with van der Waals surface area (Å²) in [5, 5.41) is 29.9. The zero-order chi connectivity index (χ0) is 19.5. The molecule has 0 spiro atoms. The molecule has 6 nitrogen and oxygen atoms in total. The first-order valence-corrected chi connectivity index (χ1v) is 8.67. The van der Waals surface area contributed by atoms with Gasteiger partial charge in [-0.15, -0.1) is 10.2 Å². The van der Waals surface area contributed by atoms with Crippen LogP contribution < -0.4 is 0 Å². The number of benzene rings is 2. The molecule has 0 fully saturated rings. The number of hydrogen-bond donors (Lipinski definition) is 1. The Morgan fingerprint density at radius 3 is 2.35 bits per heavy atom. The molecule has 0 aromatic heterocycles. The number of rotatable bonds is 5. The highest BCUT2D eigenvalue weighted by atomic mass is 16.6. The summed E-state index contributed by atoms with van der Waals surface area (Å²) in [7, 11) is 0. The Morgan fingerprint density at radius 2 is 1.77 bits per heavy atom. The molecule has 138 valence electrons. The molecule has 0 aliphatic rings. The van der Waals surface area contributed by atoms with Gasteiger partial charge in [-0.25, -0.2) is 0 Å². The maximum absolute atomic E-state index is 11.1. The Morgan fingerprint density at radius 1 is 1.15 bits per heavy atom. The zero-order valence-corrected chi connectivity index (χ0v) is 15.9. The second-order valence-electron chi connectivity index (χ2n) is 7.44. The lowest BCUT2D eigenvalue weighted by Gasteiger charge is -2.23. The van der Waals surface area contributed by atoms with E-state index in [0.29, 0.717) is 5.69 Å². The van der Waals surface area contributed by atoms with Crippen molar-refractivity contribution in [2.45, 2.75) is 52.4 Å². The average molecular weight is 355 g/mol. The minimum absolute atomic E-state index is 0.0784. The molecular weight excluding hydrogens is 330 g/mol. The molecule has 0 aliphatic carbocycles. The average Bonchev–Trinajstić information content (AvgIpc) is 2.59. The summed E-state index contributed by atoms with van der Waals surface area (Å²) in [6.45, 7) is 10.4. The molecule has 26 heavy (non-hydrogen) atoms. The van der Waals surface area contributed by atoms with E-state index < -0.39 is 4.92 Å². The minimum Gasteiger partial charge on any atom is -0.505 e. The van der Waals surface area contributed by atoms with Crippen LogP contribution >= 0.6 is 0 Å². The first kappa shape index (κ1) is 19.6. The smallest absolute Gasteiger partial charge is 0.296 e. The molecule has 2 aromatic carbocycles. The van der Waals surface area contributed by atoms with E-state index in [2.05, 4.69) is 37.9 Å². The SMILES string of the molecule is CCC(C)c1cc(C(C)(C)C)cc(/N=N/c2ccccc2[N+](=O)[O-])c1O. The van der Waals surface area contributed by atoms with E-state index in [1.807, 2.05) is 13.0 Å². The Kier molecular flexibility index (Phi) is 5.75. The summed E-state index contributed by atoms with van der Waals surface area (Å²) in [5.74, 6) is 0.243. The fraction of sp³-hybridized carbons (Fsp3) is 0.400. The van der Waals surface area contributed by atoms with Crippen molar-refractivity contribution in [2.24, 2.45) is 10.2 Å². The van der Waals surface area contributed by atoms with Gasteiger partial charge in [0.15, 0.2) is 5.69 Å². The fourth-order valence-electron chi connectivity index (χ4n) is 2.56. The van der Waals surface area contributed by atoms with Crippen molar-refractivity contribution in [3.8, 4) is 5.75 Å². The van der Waals surface area contributed by atoms with Crippen molar-refractivity contribution >= 4 is 17.1 Å². The second-order valence-corrected chi connectivity index (χ2v) is 7.44. The number of phenols is 1. The standard InChI is InChI=1S/C20H25N3O3/c1-6-13(2)15-11-14(20(3,4)5)12-17(19(15)24)22-21-16-9-7-8-10-18(16)23(25)26/h7-13,24H,6H2,1-5H3/b22-21+. The molecule has 0 saturated carbocycles. The van der Waals surface area contributed by atoms with Gasteiger partial charge in [0.05, 0.1) is 4.92 Å². The van der Waals surface area contributed by atoms with Gasteiger partial charge < -0.3 is 5.11 Å². The number of para-hydroxylation sites is 1. The van der Waals surface area contributed by atoms with Gasteiger partial charge in [0, 0.05) is 6.07 Å². The quantitative estimate of drug-likeness (QED) is 0.376. The van der Waals surface area contributed by atoms with Crippen molar-refractivity contribution < 1.29 is 10.0 Å². The van der Waals surface area contributed by atoms with Gasteiger partial charge in [-0.2, -0.15) is 0 Å². The number of phenolic OH excluding ortho intramolecular Hbond substituents is 1. The van der Waals surface area contributed by atoms with Crippen LogP contribution in [0.1, 0.15) is 58.1 Å². The van der Waals surface area contributed by atoms with Gasteiger partial charge in [-0.1, -0.05) is 52.8 Å². The largest absolute Gasteiger partial charge is 0.505 e. The van der Waals surface area contributed by atoms with Gasteiger partial charge in [0.2, 0.25) is 0 Å². The van der Waals surface area contributed by atoms with Crippen LogP contribution in [-0.2, 0) is 5.41 Å². The molecule has 1 atom stereocenters. The zero-order valence-electron chi connectivity index (χ0n) is 15.9. The monoisotopic (exact) mass is 355 g/mol. The lowest BCUT2D eigenvalue weighted by atomic mass is 9.83. The molecule has 0 bridgehead atoms. The number of nitro groups is 1. The van der Waals surface area contributed by atoms with E-state index in [1.54, 1.807) is 18.2 Å². The van der Waals surface area contributed by atoms with Crippen LogP contribution in [0, 0.1) is 10.1 Å². The van der Waals surface area contributed by atoms with E-state index in [-0.39, 0.29) is 28.5 Å². The summed E-state index contributed by atoms with van der Waals surface area (Å²) in [6.07, 6.45) is 0.877. The van der Waals surface area contributed by atoms with Gasteiger partial charge in [0.25, 0.3) is 5.69 Å².